The standard InChI is InChI=1S/C22H35NO4.2Na.2H/c1-2-3-4-5-6-7-8-9-10-11-12-13-16-23-18-14-15-19(21(24)25)20(17-18)22(26)27;;;;/h14-15,17,23H,2-13,16H2,1H3,(H,24,25)(H,26,27);;;;. The molecule has 156 valence electrons. The van der Waals surface area contributed by atoms with Crippen LogP contribution in [0.4, 0.5) is 5.69 Å². The SMILES string of the molecule is CCCCCCCCCCCCCCNc1ccc(C(=O)O)c(C(=O)O)c1.[NaH].[NaH]. The van der Waals surface area contributed by atoms with Crippen LogP contribution in [0.3, 0.4) is 0 Å². The molecule has 1 aromatic carbocycles. The van der Waals surface area contributed by atoms with Crippen LogP contribution in [0.1, 0.15) is 105 Å². The van der Waals surface area contributed by atoms with Crippen molar-refractivity contribution >= 4 is 76.7 Å². The fourth-order valence-electron chi connectivity index (χ4n) is 3.22. The van der Waals surface area contributed by atoms with Crippen LogP contribution < -0.4 is 5.32 Å². The molecule has 0 aromatic heterocycles. The van der Waals surface area contributed by atoms with E-state index in [0.29, 0.717) is 5.69 Å². The summed E-state index contributed by atoms with van der Waals surface area (Å²) in [6.07, 6.45) is 15.6. The second kappa shape index (κ2) is 19.9. The number of aromatic carboxylic acids is 2. The Hall–Kier alpha value is -0.0400. The molecule has 1 rings (SSSR count). The summed E-state index contributed by atoms with van der Waals surface area (Å²) in [7, 11) is 0. The second-order valence-corrected chi connectivity index (χ2v) is 7.19. The summed E-state index contributed by atoms with van der Waals surface area (Å²) in [5.74, 6) is -2.44. The molecule has 0 unspecified atom stereocenters. The second-order valence-electron chi connectivity index (χ2n) is 7.19. The number of nitrogens with one attached hydrogen (secondary N) is 1. The first kappa shape index (κ1) is 31.1. The van der Waals surface area contributed by atoms with Crippen LogP contribution in [0.2, 0.25) is 0 Å². The zero-order chi connectivity index (χ0) is 19.9. The average Bonchev–Trinajstić information content (AvgIpc) is 2.65. The van der Waals surface area contributed by atoms with Gasteiger partial charge in [-0.1, -0.05) is 77.6 Å². The van der Waals surface area contributed by atoms with Crippen LogP contribution in [0, 0.1) is 0 Å². The molecule has 0 saturated carbocycles. The van der Waals surface area contributed by atoms with Crippen LogP contribution in [0.5, 0.6) is 0 Å². The number of unbranched alkanes of at least 4 members (excludes halogenated alkanes) is 11. The molecule has 3 N–H and O–H groups in total. The molecule has 7 heteroatoms. The number of rotatable bonds is 16. The van der Waals surface area contributed by atoms with Crippen molar-refractivity contribution in [2.75, 3.05) is 11.9 Å². The predicted octanol–water partition coefficient (Wildman–Crippen LogP) is 4.90. The zero-order valence-electron chi connectivity index (χ0n) is 16.6. The molecule has 0 heterocycles. The van der Waals surface area contributed by atoms with Gasteiger partial charge in [0, 0.05) is 12.2 Å². The number of anilines is 1. The fraction of sp³-hybridized carbons (Fsp3) is 0.636. The molecule has 0 spiro atoms. The normalized spacial score (nSPS) is 9.97. The quantitative estimate of drug-likeness (QED) is 0.259. The Bertz CT molecular complexity index is 582. The Balaban J connectivity index is 0. The maximum absolute atomic E-state index is 11.2. The first-order chi connectivity index (χ1) is 13.1. The van der Waals surface area contributed by atoms with Gasteiger partial charge < -0.3 is 15.5 Å². The van der Waals surface area contributed by atoms with E-state index in [4.69, 9.17) is 10.2 Å². The first-order valence-corrected chi connectivity index (χ1v) is 10.4. The molecule has 29 heavy (non-hydrogen) atoms. The first-order valence-electron chi connectivity index (χ1n) is 10.4. The summed E-state index contributed by atoms with van der Waals surface area (Å²) in [4.78, 5) is 22.2. The maximum atomic E-state index is 11.2. The summed E-state index contributed by atoms with van der Waals surface area (Å²) in [6.45, 7) is 3.01. The van der Waals surface area contributed by atoms with Crippen molar-refractivity contribution in [1.29, 1.82) is 0 Å². The van der Waals surface area contributed by atoms with Gasteiger partial charge in [-0.15, -0.1) is 0 Å². The minimum absolute atomic E-state index is 0. The van der Waals surface area contributed by atoms with Crippen molar-refractivity contribution in [3.63, 3.8) is 0 Å². The summed E-state index contributed by atoms with van der Waals surface area (Å²) < 4.78 is 0. The van der Waals surface area contributed by atoms with Gasteiger partial charge in [0.25, 0.3) is 0 Å². The summed E-state index contributed by atoms with van der Waals surface area (Å²) in [6, 6.07) is 4.36. The summed E-state index contributed by atoms with van der Waals surface area (Å²) in [5.41, 5.74) is 0.293. The van der Waals surface area contributed by atoms with Crippen molar-refractivity contribution in [3.05, 3.63) is 29.3 Å². The molecule has 0 fully saturated rings. The van der Waals surface area contributed by atoms with Crippen molar-refractivity contribution < 1.29 is 19.8 Å². The Labute approximate surface area is 220 Å². The van der Waals surface area contributed by atoms with E-state index in [1.807, 2.05) is 0 Å². The third-order valence-electron chi connectivity index (χ3n) is 4.84. The van der Waals surface area contributed by atoms with Crippen LogP contribution in [-0.2, 0) is 0 Å². The zero-order valence-corrected chi connectivity index (χ0v) is 16.6. The monoisotopic (exact) mass is 425 g/mol. The fourth-order valence-corrected chi connectivity index (χ4v) is 3.22. The van der Waals surface area contributed by atoms with Gasteiger partial charge in [-0.2, -0.15) is 0 Å². The molecule has 0 aliphatic heterocycles. The summed E-state index contributed by atoms with van der Waals surface area (Å²) in [5, 5.41) is 21.3. The van der Waals surface area contributed by atoms with E-state index in [1.54, 1.807) is 6.07 Å². The molecule has 0 amide bonds. The number of hydrogen-bond acceptors (Lipinski definition) is 3. The Kier molecular flexibility index (Phi) is 21.4. The van der Waals surface area contributed by atoms with Crippen molar-refractivity contribution in [2.45, 2.75) is 84.0 Å². The van der Waals surface area contributed by atoms with E-state index in [2.05, 4.69) is 12.2 Å². The number of carboxylic acids is 2. The minimum atomic E-state index is -1.22. The Morgan fingerprint density at radius 2 is 1.17 bits per heavy atom. The number of carboxylic acid groups (broad SMARTS) is 2. The number of hydrogen-bond donors (Lipinski definition) is 3. The van der Waals surface area contributed by atoms with Gasteiger partial charge in [-0.05, 0) is 24.6 Å². The van der Waals surface area contributed by atoms with Gasteiger partial charge >= 0.3 is 71.1 Å². The van der Waals surface area contributed by atoms with Gasteiger partial charge in [0.1, 0.15) is 0 Å². The van der Waals surface area contributed by atoms with Crippen LogP contribution in [-0.4, -0.2) is 87.8 Å². The van der Waals surface area contributed by atoms with E-state index in [-0.39, 0.29) is 70.2 Å². The van der Waals surface area contributed by atoms with E-state index in [1.165, 1.54) is 76.3 Å². The average molecular weight is 426 g/mol. The molecule has 0 aliphatic carbocycles. The molecule has 1 aromatic rings. The third kappa shape index (κ3) is 14.6. The Morgan fingerprint density at radius 3 is 1.62 bits per heavy atom. The van der Waals surface area contributed by atoms with E-state index >= 15 is 0 Å². The van der Waals surface area contributed by atoms with E-state index < -0.39 is 11.9 Å². The van der Waals surface area contributed by atoms with Crippen molar-refractivity contribution in [2.24, 2.45) is 0 Å². The molecule has 0 radical (unpaired) electrons. The van der Waals surface area contributed by atoms with Crippen molar-refractivity contribution in [3.8, 4) is 0 Å². The van der Waals surface area contributed by atoms with Gasteiger partial charge in [0.05, 0.1) is 11.1 Å². The van der Waals surface area contributed by atoms with Crippen LogP contribution in [0.25, 0.3) is 0 Å². The predicted molar refractivity (Wildman–Crippen MR) is 124 cm³/mol. The topological polar surface area (TPSA) is 86.6 Å². The van der Waals surface area contributed by atoms with Gasteiger partial charge in [-0.25, -0.2) is 9.59 Å². The number of carbonyl (C=O) groups is 2. The molecular weight excluding hydrogens is 388 g/mol. The molecule has 5 nitrogen and oxygen atoms in total. The molecular formula is C22H37NNa2O4. The number of benzene rings is 1. The third-order valence-corrected chi connectivity index (χ3v) is 4.84. The van der Waals surface area contributed by atoms with E-state index in [0.717, 1.165) is 19.4 Å². The summed E-state index contributed by atoms with van der Waals surface area (Å²) >= 11 is 0. The van der Waals surface area contributed by atoms with Gasteiger partial charge in [-0.3, -0.25) is 0 Å². The van der Waals surface area contributed by atoms with Crippen LogP contribution >= 0.6 is 0 Å². The van der Waals surface area contributed by atoms with Gasteiger partial charge in [0.2, 0.25) is 0 Å². The molecule has 0 saturated heterocycles. The van der Waals surface area contributed by atoms with E-state index in [9.17, 15) is 9.59 Å². The van der Waals surface area contributed by atoms with Crippen molar-refractivity contribution in [1.82, 2.24) is 0 Å². The molecule has 0 aliphatic rings. The molecule has 0 atom stereocenters. The molecule has 0 bridgehead atoms. The Morgan fingerprint density at radius 1 is 0.724 bits per heavy atom. The van der Waals surface area contributed by atoms with Crippen LogP contribution in [0.15, 0.2) is 18.2 Å². The van der Waals surface area contributed by atoms with Gasteiger partial charge in [0.15, 0.2) is 0 Å².